The van der Waals surface area contributed by atoms with Crippen molar-refractivity contribution < 1.29 is 23.9 Å². The van der Waals surface area contributed by atoms with Gasteiger partial charge in [0.15, 0.2) is 0 Å². The molecule has 1 unspecified atom stereocenters. The van der Waals surface area contributed by atoms with Crippen LogP contribution < -0.4 is 0 Å². The van der Waals surface area contributed by atoms with Crippen molar-refractivity contribution in [2.75, 3.05) is 0 Å². The van der Waals surface area contributed by atoms with Gasteiger partial charge in [0, 0.05) is 38.5 Å². The lowest BCUT2D eigenvalue weighted by Crippen LogP contribution is -2.20. The number of carbonyl (C=O) groups is 4. The first-order valence-electron chi connectivity index (χ1n) is 7.61. The average molecular weight is 298 g/mol. The summed E-state index contributed by atoms with van der Waals surface area (Å²) in [7, 11) is 0. The van der Waals surface area contributed by atoms with E-state index >= 15 is 0 Å². The maximum absolute atomic E-state index is 11.7. The Bertz CT molecular complexity index is 373. The summed E-state index contributed by atoms with van der Waals surface area (Å²) in [5.41, 5.74) is 0. The van der Waals surface area contributed by atoms with E-state index in [4.69, 9.17) is 4.74 Å². The van der Waals surface area contributed by atoms with Gasteiger partial charge in [-0.05, 0) is 19.8 Å². The number of hydrogen-bond donors (Lipinski definition) is 0. The molecular weight excluding hydrogens is 272 g/mol. The van der Waals surface area contributed by atoms with E-state index < -0.39 is 6.10 Å². The highest BCUT2D eigenvalue weighted by Crippen LogP contribution is 2.13. The van der Waals surface area contributed by atoms with Gasteiger partial charge in [-0.2, -0.15) is 0 Å². The highest BCUT2D eigenvalue weighted by Gasteiger charge is 2.16. The van der Waals surface area contributed by atoms with Crippen LogP contribution in [0.1, 0.15) is 72.1 Å². The molecule has 120 valence electrons. The van der Waals surface area contributed by atoms with E-state index in [2.05, 4.69) is 0 Å². The molecule has 0 N–H and O–H groups in total. The number of carbonyl (C=O) groups excluding carboxylic acids is 4. The third kappa shape index (κ3) is 10.9. The van der Waals surface area contributed by atoms with Gasteiger partial charge in [-0.3, -0.25) is 14.4 Å². The highest BCUT2D eigenvalue weighted by atomic mass is 16.5. The zero-order valence-corrected chi connectivity index (χ0v) is 13.3. The Labute approximate surface area is 126 Å². The third-order valence-corrected chi connectivity index (χ3v) is 3.23. The Morgan fingerprint density at radius 1 is 0.810 bits per heavy atom. The first-order chi connectivity index (χ1) is 9.88. The summed E-state index contributed by atoms with van der Waals surface area (Å²) in [6.45, 7) is 4.96. The fraction of sp³-hybridized carbons (Fsp3) is 0.750. The maximum atomic E-state index is 11.7. The number of hydrogen-bond acceptors (Lipinski definition) is 5. The Hall–Kier alpha value is -1.52. The van der Waals surface area contributed by atoms with Crippen LogP contribution in [0.15, 0.2) is 0 Å². The SMILES string of the molecule is CCC(=O)CCC(=O)CCC(CCC(C)=O)OC(=O)CC. The van der Waals surface area contributed by atoms with Crippen molar-refractivity contribution in [2.45, 2.75) is 78.2 Å². The smallest absolute Gasteiger partial charge is 0.305 e. The van der Waals surface area contributed by atoms with E-state index in [0.29, 0.717) is 25.7 Å². The van der Waals surface area contributed by atoms with Crippen LogP contribution in [0.2, 0.25) is 0 Å². The molecule has 0 rings (SSSR count). The quantitative estimate of drug-likeness (QED) is 0.518. The first kappa shape index (κ1) is 19.5. The largest absolute Gasteiger partial charge is 0.462 e. The van der Waals surface area contributed by atoms with Crippen molar-refractivity contribution >= 4 is 23.3 Å². The van der Waals surface area contributed by atoms with Gasteiger partial charge in [0.2, 0.25) is 0 Å². The molecule has 21 heavy (non-hydrogen) atoms. The minimum absolute atomic E-state index is 0.00262. The Balaban J connectivity index is 4.19. The van der Waals surface area contributed by atoms with E-state index in [1.165, 1.54) is 6.92 Å². The average Bonchev–Trinajstić information content (AvgIpc) is 2.46. The Morgan fingerprint density at radius 3 is 1.90 bits per heavy atom. The number of ketones is 3. The standard InChI is InChI=1S/C16H26O5/c1-4-13(18)7-8-14(19)9-11-15(10-6-12(3)17)21-16(20)5-2/h15H,4-11H2,1-3H3. The normalized spacial score (nSPS) is 11.8. The number of rotatable bonds is 12. The van der Waals surface area contributed by atoms with Crippen LogP contribution >= 0.6 is 0 Å². The summed E-state index contributed by atoms with van der Waals surface area (Å²) in [5.74, 6) is -0.212. The molecule has 0 aliphatic carbocycles. The zero-order chi connectivity index (χ0) is 16.3. The van der Waals surface area contributed by atoms with Crippen LogP contribution in [-0.2, 0) is 23.9 Å². The van der Waals surface area contributed by atoms with Crippen molar-refractivity contribution in [3.05, 3.63) is 0 Å². The maximum Gasteiger partial charge on any atom is 0.305 e. The fourth-order valence-electron chi connectivity index (χ4n) is 1.80. The van der Waals surface area contributed by atoms with Gasteiger partial charge in [0.25, 0.3) is 0 Å². The van der Waals surface area contributed by atoms with Crippen LogP contribution in [0, 0.1) is 0 Å². The number of Topliss-reactive ketones (excluding diaryl/α,β-unsaturated/α-hetero) is 3. The van der Waals surface area contributed by atoms with Crippen molar-refractivity contribution in [1.82, 2.24) is 0 Å². The van der Waals surface area contributed by atoms with Crippen molar-refractivity contribution in [2.24, 2.45) is 0 Å². The van der Waals surface area contributed by atoms with E-state index in [0.717, 1.165) is 0 Å². The lowest BCUT2D eigenvalue weighted by atomic mass is 10.0. The Kier molecular flexibility index (Phi) is 10.4. The summed E-state index contributed by atoms with van der Waals surface area (Å²) < 4.78 is 5.24. The van der Waals surface area contributed by atoms with E-state index in [1.54, 1.807) is 13.8 Å². The summed E-state index contributed by atoms with van der Waals surface area (Å²) in [6.07, 6.45) is 2.32. The minimum atomic E-state index is -0.396. The summed E-state index contributed by atoms with van der Waals surface area (Å²) in [5, 5.41) is 0. The fourth-order valence-corrected chi connectivity index (χ4v) is 1.80. The summed E-state index contributed by atoms with van der Waals surface area (Å²) in [6, 6.07) is 0. The van der Waals surface area contributed by atoms with Gasteiger partial charge in [-0.1, -0.05) is 13.8 Å². The van der Waals surface area contributed by atoms with E-state index in [9.17, 15) is 19.2 Å². The monoisotopic (exact) mass is 298 g/mol. The predicted molar refractivity (Wildman–Crippen MR) is 78.9 cm³/mol. The second-order valence-electron chi connectivity index (χ2n) is 5.18. The molecule has 1 atom stereocenters. The van der Waals surface area contributed by atoms with Gasteiger partial charge in [-0.15, -0.1) is 0 Å². The topological polar surface area (TPSA) is 77.5 Å². The molecule has 5 heteroatoms. The first-order valence-corrected chi connectivity index (χ1v) is 7.61. The molecule has 0 aromatic heterocycles. The molecule has 0 radical (unpaired) electrons. The predicted octanol–water partition coefficient (Wildman–Crippen LogP) is 2.79. The molecule has 0 aliphatic rings. The van der Waals surface area contributed by atoms with Gasteiger partial charge < -0.3 is 9.53 Å². The highest BCUT2D eigenvalue weighted by molar-refractivity contribution is 5.85. The van der Waals surface area contributed by atoms with Crippen LogP contribution in [-0.4, -0.2) is 29.4 Å². The molecule has 0 aromatic rings. The lowest BCUT2D eigenvalue weighted by Gasteiger charge is -2.16. The minimum Gasteiger partial charge on any atom is -0.462 e. The second kappa shape index (κ2) is 11.2. The second-order valence-corrected chi connectivity index (χ2v) is 5.18. The van der Waals surface area contributed by atoms with E-state index in [-0.39, 0.29) is 49.0 Å². The van der Waals surface area contributed by atoms with Crippen LogP contribution in [0.4, 0.5) is 0 Å². The molecule has 5 nitrogen and oxygen atoms in total. The van der Waals surface area contributed by atoms with E-state index in [1.807, 2.05) is 0 Å². The van der Waals surface area contributed by atoms with Crippen LogP contribution in [0.25, 0.3) is 0 Å². The molecule has 0 heterocycles. The lowest BCUT2D eigenvalue weighted by molar-refractivity contribution is -0.150. The number of ether oxygens (including phenoxy) is 1. The molecular formula is C16H26O5. The molecule has 0 aromatic carbocycles. The van der Waals surface area contributed by atoms with Gasteiger partial charge in [-0.25, -0.2) is 0 Å². The molecule has 0 spiro atoms. The number of esters is 1. The summed E-state index contributed by atoms with van der Waals surface area (Å²) >= 11 is 0. The molecule has 0 bridgehead atoms. The van der Waals surface area contributed by atoms with Crippen molar-refractivity contribution in [1.29, 1.82) is 0 Å². The van der Waals surface area contributed by atoms with Gasteiger partial charge >= 0.3 is 5.97 Å². The summed E-state index contributed by atoms with van der Waals surface area (Å²) in [4.78, 5) is 45.2. The molecule has 0 fully saturated rings. The molecule has 0 aliphatic heterocycles. The van der Waals surface area contributed by atoms with Crippen molar-refractivity contribution in [3.63, 3.8) is 0 Å². The van der Waals surface area contributed by atoms with Crippen LogP contribution in [0.5, 0.6) is 0 Å². The van der Waals surface area contributed by atoms with Crippen LogP contribution in [0.3, 0.4) is 0 Å². The van der Waals surface area contributed by atoms with Crippen molar-refractivity contribution in [3.8, 4) is 0 Å². The zero-order valence-electron chi connectivity index (χ0n) is 13.3. The van der Waals surface area contributed by atoms with Gasteiger partial charge in [0.1, 0.15) is 23.5 Å². The molecule has 0 amide bonds. The van der Waals surface area contributed by atoms with Gasteiger partial charge in [0.05, 0.1) is 0 Å². The Morgan fingerprint density at radius 2 is 1.38 bits per heavy atom. The molecule has 0 saturated heterocycles. The third-order valence-electron chi connectivity index (χ3n) is 3.23. The molecule has 0 saturated carbocycles.